The highest BCUT2D eigenvalue weighted by Gasteiger charge is 2.12. The zero-order valence-electron chi connectivity index (χ0n) is 13.5. The molecule has 0 bridgehead atoms. The highest BCUT2D eigenvalue weighted by Crippen LogP contribution is 2.11. The Morgan fingerprint density at radius 1 is 0.952 bits per heavy atom. The predicted molar refractivity (Wildman–Crippen MR) is 85.9 cm³/mol. The molecule has 0 aliphatic heterocycles. The van der Waals surface area contributed by atoms with E-state index in [1.165, 1.54) is 43.4 Å². The first-order chi connectivity index (χ1) is 9.87. The average molecular weight is 321 g/mol. The third-order valence-corrected chi connectivity index (χ3v) is 4.30. The Balaban J connectivity index is 3.48. The molecule has 0 aromatic heterocycles. The maximum atomic E-state index is 11.7. The van der Waals surface area contributed by atoms with Crippen molar-refractivity contribution in [3.8, 4) is 0 Å². The van der Waals surface area contributed by atoms with E-state index >= 15 is 0 Å². The molecule has 126 valence electrons. The monoisotopic (exact) mass is 321 g/mol. The lowest BCUT2D eigenvalue weighted by Crippen LogP contribution is -2.31. The molecule has 0 rings (SSSR count). The quantitative estimate of drug-likeness (QED) is 0.417. The average Bonchev–Trinajstić information content (AvgIpc) is 2.41. The third kappa shape index (κ3) is 14.1. The van der Waals surface area contributed by atoms with Gasteiger partial charge in [0.05, 0.1) is 5.75 Å². The van der Waals surface area contributed by atoms with Crippen LogP contribution < -0.4 is 0 Å². The molecule has 0 spiro atoms. The fraction of sp³-hybridized carbons (Fsp3) is 0.933. The minimum atomic E-state index is -3.99. The molecule has 0 atom stereocenters. The molecule has 5 nitrogen and oxygen atoms in total. The van der Waals surface area contributed by atoms with Crippen LogP contribution in [0.4, 0.5) is 0 Å². The summed E-state index contributed by atoms with van der Waals surface area (Å²) < 4.78 is 29.8. The molecule has 21 heavy (non-hydrogen) atoms. The third-order valence-electron chi connectivity index (χ3n) is 3.60. The molecule has 0 saturated heterocycles. The molecular weight excluding hydrogens is 290 g/mol. The molecule has 0 aliphatic carbocycles. The van der Waals surface area contributed by atoms with Crippen molar-refractivity contribution in [2.45, 2.75) is 71.1 Å². The Hall–Kier alpha value is -0.620. The molecule has 0 aromatic carbocycles. The maximum Gasteiger partial charge on any atom is 0.266 e. The standard InChI is InChI=1S/C15H31NO4S/c1-3-4-5-6-7-8-9-10-11-12-15(17)16(2)13-14-21(18,19)20/h3-14H2,1-2H3,(H,18,19,20). The van der Waals surface area contributed by atoms with Crippen LogP contribution in [0.25, 0.3) is 0 Å². The Morgan fingerprint density at radius 3 is 1.90 bits per heavy atom. The summed E-state index contributed by atoms with van der Waals surface area (Å²) >= 11 is 0. The highest BCUT2D eigenvalue weighted by molar-refractivity contribution is 7.85. The fourth-order valence-corrected chi connectivity index (χ4v) is 2.66. The molecule has 6 heteroatoms. The molecule has 0 fully saturated rings. The van der Waals surface area contributed by atoms with Crippen LogP contribution in [-0.2, 0) is 14.9 Å². The summed E-state index contributed by atoms with van der Waals surface area (Å²) in [5.41, 5.74) is 0. The van der Waals surface area contributed by atoms with E-state index in [9.17, 15) is 13.2 Å². The van der Waals surface area contributed by atoms with Crippen molar-refractivity contribution < 1.29 is 17.8 Å². The van der Waals surface area contributed by atoms with E-state index in [1.807, 2.05) is 0 Å². The van der Waals surface area contributed by atoms with Crippen LogP contribution in [0.3, 0.4) is 0 Å². The van der Waals surface area contributed by atoms with Gasteiger partial charge in [-0.15, -0.1) is 0 Å². The number of unbranched alkanes of at least 4 members (excludes halogenated alkanes) is 8. The molecule has 1 N–H and O–H groups in total. The number of carbonyl (C=O) groups excluding carboxylic acids is 1. The summed E-state index contributed by atoms with van der Waals surface area (Å²) in [6, 6.07) is 0. The lowest BCUT2D eigenvalue weighted by molar-refractivity contribution is -0.129. The predicted octanol–water partition coefficient (Wildman–Crippen LogP) is 3.25. The minimum absolute atomic E-state index is 0.0507. The Bertz CT molecular complexity index is 368. The van der Waals surface area contributed by atoms with Gasteiger partial charge >= 0.3 is 0 Å². The van der Waals surface area contributed by atoms with Gasteiger partial charge in [-0.3, -0.25) is 9.35 Å². The summed E-state index contributed by atoms with van der Waals surface area (Å²) in [4.78, 5) is 13.1. The summed E-state index contributed by atoms with van der Waals surface area (Å²) in [5.74, 6) is -0.450. The van der Waals surface area contributed by atoms with Crippen molar-refractivity contribution in [2.75, 3.05) is 19.3 Å². The van der Waals surface area contributed by atoms with Gasteiger partial charge in [0.1, 0.15) is 0 Å². The Labute approximate surface area is 129 Å². The van der Waals surface area contributed by atoms with E-state index in [0.29, 0.717) is 6.42 Å². The van der Waals surface area contributed by atoms with Crippen molar-refractivity contribution in [3.05, 3.63) is 0 Å². The van der Waals surface area contributed by atoms with Gasteiger partial charge in [0, 0.05) is 20.0 Å². The first-order valence-electron chi connectivity index (χ1n) is 8.06. The van der Waals surface area contributed by atoms with Crippen molar-refractivity contribution in [1.82, 2.24) is 4.90 Å². The maximum absolute atomic E-state index is 11.7. The van der Waals surface area contributed by atoms with Gasteiger partial charge in [-0.05, 0) is 6.42 Å². The number of rotatable bonds is 13. The minimum Gasteiger partial charge on any atom is -0.345 e. The van der Waals surface area contributed by atoms with E-state index in [4.69, 9.17) is 4.55 Å². The Morgan fingerprint density at radius 2 is 1.43 bits per heavy atom. The van der Waals surface area contributed by atoms with Crippen LogP contribution in [-0.4, -0.2) is 43.1 Å². The van der Waals surface area contributed by atoms with Crippen LogP contribution in [0, 0.1) is 0 Å². The van der Waals surface area contributed by atoms with E-state index in [-0.39, 0.29) is 12.5 Å². The molecule has 0 unspecified atom stereocenters. The molecular formula is C15H31NO4S. The SMILES string of the molecule is CCCCCCCCCCCC(=O)N(C)CCS(=O)(=O)O. The zero-order chi connectivity index (χ0) is 16.1. The molecule has 0 aromatic rings. The number of hydrogen-bond donors (Lipinski definition) is 1. The fourth-order valence-electron chi connectivity index (χ4n) is 2.15. The zero-order valence-corrected chi connectivity index (χ0v) is 14.3. The number of amides is 1. The lowest BCUT2D eigenvalue weighted by atomic mass is 10.1. The second-order valence-electron chi connectivity index (χ2n) is 5.68. The molecule has 0 radical (unpaired) electrons. The van der Waals surface area contributed by atoms with Crippen molar-refractivity contribution in [2.24, 2.45) is 0 Å². The van der Waals surface area contributed by atoms with Crippen molar-refractivity contribution in [3.63, 3.8) is 0 Å². The number of hydrogen-bond acceptors (Lipinski definition) is 3. The van der Waals surface area contributed by atoms with Gasteiger partial charge < -0.3 is 4.90 Å². The van der Waals surface area contributed by atoms with Gasteiger partial charge in [0.15, 0.2) is 0 Å². The smallest absolute Gasteiger partial charge is 0.266 e. The first kappa shape index (κ1) is 20.4. The van der Waals surface area contributed by atoms with E-state index in [0.717, 1.165) is 19.3 Å². The van der Waals surface area contributed by atoms with Gasteiger partial charge in [0.25, 0.3) is 10.1 Å². The second-order valence-corrected chi connectivity index (χ2v) is 7.25. The van der Waals surface area contributed by atoms with Gasteiger partial charge in [-0.1, -0.05) is 58.3 Å². The summed E-state index contributed by atoms with van der Waals surface area (Å²) in [6.45, 7) is 2.26. The summed E-state index contributed by atoms with van der Waals surface area (Å²) in [6.07, 6.45) is 11.3. The first-order valence-corrected chi connectivity index (χ1v) is 9.67. The van der Waals surface area contributed by atoms with Gasteiger partial charge in [0.2, 0.25) is 5.91 Å². The summed E-state index contributed by atoms with van der Waals surface area (Å²) in [5, 5.41) is 0. The van der Waals surface area contributed by atoms with Crippen LogP contribution in [0.2, 0.25) is 0 Å². The summed E-state index contributed by atoms with van der Waals surface area (Å²) in [7, 11) is -2.42. The van der Waals surface area contributed by atoms with Gasteiger partial charge in [-0.25, -0.2) is 0 Å². The van der Waals surface area contributed by atoms with Crippen molar-refractivity contribution >= 4 is 16.0 Å². The van der Waals surface area contributed by atoms with Gasteiger partial charge in [-0.2, -0.15) is 8.42 Å². The molecule has 0 heterocycles. The van der Waals surface area contributed by atoms with E-state index in [1.54, 1.807) is 7.05 Å². The van der Waals surface area contributed by atoms with Crippen LogP contribution in [0.5, 0.6) is 0 Å². The lowest BCUT2D eigenvalue weighted by Gasteiger charge is -2.16. The normalized spacial score (nSPS) is 11.6. The molecule has 0 aliphatic rings. The van der Waals surface area contributed by atoms with E-state index < -0.39 is 15.9 Å². The second kappa shape index (κ2) is 12.0. The topological polar surface area (TPSA) is 74.7 Å². The van der Waals surface area contributed by atoms with Crippen molar-refractivity contribution in [1.29, 1.82) is 0 Å². The highest BCUT2D eigenvalue weighted by atomic mass is 32.2. The van der Waals surface area contributed by atoms with Crippen LogP contribution >= 0.6 is 0 Å². The van der Waals surface area contributed by atoms with Crippen LogP contribution in [0.15, 0.2) is 0 Å². The van der Waals surface area contributed by atoms with E-state index in [2.05, 4.69) is 6.92 Å². The molecule has 0 saturated carbocycles. The Kier molecular flexibility index (Phi) is 11.6. The largest absolute Gasteiger partial charge is 0.345 e. The number of nitrogens with zero attached hydrogens (tertiary/aromatic N) is 1. The number of carbonyl (C=O) groups is 1. The van der Waals surface area contributed by atoms with Crippen LogP contribution in [0.1, 0.15) is 71.1 Å². The molecule has 1 amide bonds.